The number of nitro groups is 1. The van der Waals surface area contributed by atoms with Crippen molar-refractivity contribution in [1.82, 2.24) is 9.78 Å². The zero-order valence-corrected chi connectivity index (χ0v) is 9.39. The van der Waals surface area contributed by atoms with Crippen LogP contribution in [0, 0.1) is 15.9 Å². The first-order valence-electron chi connectivity index (χ1n) is 4.22. The summed E-state index contributed by atoms with van der Waals surface area (Å²) in [4.78, 5) is 9.89. The molecule has 0 radical (unpaired) electrons. The van der Waals surface area contributed by atoms with Gasteiger partial charge in [-0.3, -0.25) is 10.1 Å². The lowest BCUT2D eigenvalue weighted by Gasteiger charge is -2.01. The van der Waals surface area contributed by atoms with Crippen molar-refractivity contribution in [3.8, 4) is 5.69 Å². The Morgan fingerprint density at radius 2 is 2.19 bits per heavy atom. The van der Waals surface area contributed by atoms with E-state index in [-0.39, 0.29) is 5.69 Å². The third kappa shape index (κ3) is 2.08. The van der Waals surface area contributed by atoms with Crippen LogP contribution in [-0.4, -0.2) is 14.7 Å². The number of hydrogen-bond acceptors (Lipinski definition) is 3. The number of non-ortho nitro benzene ring substituents is 1. The minimum atomic E-state index is -0.671. The van der Waals surface area contributed by atoms with Gasteiger partial charge in [-0.2, -0.15) is 5.10 Å². The first-order valence-corrected chi connectivity index (χ1v) is 5.01. The smallest absolute Gasteiger partial charge is 0.258 e. The molecule has 0 N–H and O–H groups in total. The Hall–Kier alpha value is -1.76. The summed E-state index contributed by atoms with van der Waals surface area (Å²) in [6, 6.07) is 3.29. The molecule has 2 rings (SSSR count). The average molecular weight is 286 g/mol. The summed E-state index contributed by atoms with van der Waals surface area (Å²) in [6.45, 7) is 0. The van der Waals surface area contributed by atoms with E-state index < -0.39 is 10.7 Å². The molecule has 7 heteroatoms. The van der Waals surface area contributed by atoms with Crippen molar-refractivity contribution in [1.29, 1.82) is 0 Å². The second-order valence-electron chi connectivity index (χ2n) is 3.03. The van der Waals surface area contributed by atoms with Crippen LogP contribution in [0.4, 0.5) is 10.1 Å². The van der Waals surface area contributed by atoms with Crippen molar-refractivity contribution in [2.75, 3.05) is 0 Å². The van der Waals surface area contributed by atoms with Gasteiger partial charge in [0.25, 0.3) is 5.69 Å². The monoisotopic (exact) mass is 285 g/mol. The SMILES string of the molecule is O=[N+]([O-])c1cc(F)cc(-n2cc(Br)cn2)c1. The Morgan fingerprint density at radius 3 is 2.75 bits per heavy atom. The molecule has 0 saturated heterocycles. The van der Waals surface area contributed by atoms with Gasteiger partial charge in [-0.15, -0.1) is 0 Å². The molecule has 2 aromatic rings. The molecular formula is C9H5BrFN3O2. The summed E-state index contributed by atoms with van der Waals surface area (Å²) in [5, 5.41) is 14.4. The van der Waals surface area contributed by atoms with E-state index in [2.05, 4.69) is 21.0 Å². The van der Waals surface area contributed by atoms with E-state index in [0.717, 1.165) is 6.07 Å². The largest absolute Gasteiger partial charge is 0.274 e. The lowest BCUT2D eigenvalue weighted by molar-refractivity contribution is -0.385. The lowest BCUT2D eigenvalue weighted by Crippen LogP contribution is -1.97. The van der Waals surface area contributed by atoms with Crippen molar-refractivity contribution in [3.05, 3.63) is 51.0 Å². The predicted octanol–water partition coefficient (Wildman–Crippen LogP) is 2.68. The van der Waals surface area contributed by atoms with Gasteiger partial charge in [0.05, 0.1) is 27.3 Å². The van der Waals surface area contributed by atoms with Crippen LogP contribution in [0.2, 0.25) is 0 Å². The fraction of sp³-hybridized carbons (Fsp3) is 0. The summed E-state index contributed by atoms with van der Waals surface area (Å²) in [5.41, 5.74) is -0.000905. The molecule has 1 heterocycles. The van der Waals surface area contributed by atoms with Crippen molar-refractivity contribution in [2.45, 2.75) is 0 Å². The molecule has 5 nitrogen and oxygen atoms in total. The van der Waals surface area contributed by atoms with E-state index in [4.69, 9.17) is 0 Å². The summed E-state index contributed by atoms with van der Waals surface area (Å²) in [7, 11) is 0. The minimum Gasteiger partial charge on any atom is -0.258 e. The number of benzene rings is 1. The molecule has 0 fully saturated rings. The van der Waals surface area contributed by atoms with Gasteiger partial charge in [-0.25, -0.2) is 9.07 Å². The van der Waals surface area contributed by atoms with Crippen LogP contribution in [0.1, 0.15) is 0 Å². The molecule has 0 spiro atoms. The van der Waals surface area contributed by atoms with Crippen molar-refractivity contribution in [3.63, 3.8) is 0 Å². The molecule has 0 aliphatic rings. The molecule has 0 saturated carbocycles. The molecule has 1 aromatic carbocycles. The zero-order chi connectivity index (χ0) is 11.7. The first-order chi connectivity index (χ1) is 7.56. The molecule has 0 aliphatic carbocycles. The van der Waals surface area contributed by atoms with E-state index >= 15 is 0 Å². The number of aromatic nitrogens is 2. The Kier molecular flexibility index (Phi) is 2.69. The molecule has 16 heavy (non-hydrogen) atoms. The third-order valence-electron chi connectivity index (χ3n) is 1.89. The first kappa shape index (κ1) is 10.7. The van der Waals surface area contributed by atoms with Crippen LogP contribution >= 0.6 is 15.9 Å². The van der Waals surface area contributed by atoms with E-state index in [1.54, 1.807) is 6.20 Å². The van der Waals surface area contributed by atoms with Crippen LogP contribution in [0.3, 0.4) is 0 Å². The van der Waals surface area contributed by atoms with Gasteiger partial charge >= 0.3 is 0 Å². The van der Waals surface area contributed by atoms with Crippen molar-refractivity contribution < 1.29 is 9.31 Å². The van der Waals surface area contributed by atoms with Crippen molar-refractivity contribution in [2.24, 2.45) is 0 Å². The van der Waals surface area contributed by atoms with Gasteiger partial charge in [0, 0.05) is 18.3 Å². The van der Waals surface area contributed by atoms with Crippen LogP contribution in [0.5, 0.6) is 0 Å². The molecule has 1 aromatic heterocycles. The molecule has 0 atom stereocenters. The highest BCUT2D eigenvalue weighted by atomic mass is 79.9. The Morgan fingerprint density at radius 1 is 1.44 bits per heavy atom. The van der Waals surface area contributed by atoms with E-state index in [1.807, 2.05) is 0 Å². The van der Waals surface area contributed by atoms with Gasteiger partial charge in [-0.05, 0) is 15.9 Å². The van der Waals surface area contributed by atoms with Crippen molar-refractivity contribution >= 4 is 21.6 Å². The molecule has 82 valence electrons. The fourth-order valence-corrected chi connectivity index (χ4v) is 1.52. The number of rotatable bonds is 2. The van der Waals surface area contributed by atoms with Crippen LogP contribution in [-0.2, 0) is 0 Å². The number of hydrogen-bond donors (Lipinski definition) is 0. The maximum atomic E-state index is 13.1. The van der Waals surface area contributed by atoms with E-state index in [1.165, 1.54) is 23.0 Å². The summed E-state index contributed by atoms with van der Waals surface area (Å²) >= 11 is 3.18. The van der Waals surface area contributed by atoms with Crippen LogP contribution in [0.25, 0.3) is 5.69 Å². The number of nitro benzene ring substituents is 1. The Bertz CT molecular complexity index is 555. The molecule has 0 aliphatic heterocycles. The van der Waals surface area contributed by atoms with E-state index in [9.17, 15) is 14.5 Å². The zero-order valence-electron chi connectivity index (χ0n) is 7.80. The molecule has 0 bridgehead atoms. The highest BCUT2D eigenvalue weighted by Gasteiger charge is 2.11. The highest BCUT2D eigenvalue weighted by Crippen LogP contribution is 2.20. The predicted molar refractivity (Wildman–Crippen MR) is 57.9 cm³/mol. The summed E-state index contributed by atoms with van der Waals surface area (Å²) in [5.74, 6) is -0.671. The molecule has 0 unspecified atom stereocenters. The lowest BCUT2D eigenvalue weighted by atomic mass is 10.3. The topological polar surface area (TPSA) is 61.0 Å². The maximum absolute atomic E-state index is 13.1. The Balaban J connectivity index is 2.53. The maximum Gasteiger partial charge on any atom is 0.274 e. The average Bonchev–Trinajstić information content (AvgIpc) is 2.64. The second kappa shape index (κ2) is 4.01. The van der Waals surface area contributed by atoms with E-state index in [0.29, 0.717) is 10.2 Å². The van der Waals surface area contributed by atoms with Gasteiger partial charge in [-0.1, -0.05) is 0 Å². The second-order valence-corrected chi connectivity index (χ2v) is 3.94. The fourth-order valence-electron chi connectivity index (χ4n) is 1.24. The standard InChI is InChI=1S/C9H5BrFN3O2/c10-6-4-12-13(5-6)8-1-7(11)2-9(3-8)14(15)16/h1-5H. The number of halogens is 2. The quantitative estimate of drug-likeness (QED) is 0.630. The highest BCUT2D eigenvalue weighted by molar-refractivity contribution is 9.10. The third-order valence-corrected chi connectivity index (χ3v) is 2.30. The minimum absolute atomic E-state index is 0.303. The van der Waals surface area contributed by atoms with Gasteiger partial charge < -0.3 is 0 Å². The van der Waals surface area contributed by atoms with Crippen LogP contribution < -0.4 is 0 Å². The normalized spacial score (nSPS) is 10.4. The summed E-state index contributed by atoms with van der Waals surface area (Å²) in [6.07, 6.45) is 3.09. The van der Waals surface area contributed by atoms with Gasteiger partial charge in [0.2, 0.25) is 0 Å². The number of nitrogens with zero attached hydrogens (tertiary/aromatic N) is 3. The molecular weight excluding hydrogens is 281 g/mol. The summed E-state index contributed by atoms with van der Waals surface area (Å²) < 4.78 is 15.2. The molecule has 0 amide bonds. The Labute approximate surface area is 97.8 Å². The van der Waals surface area contributed by atoms with Gasteiger partial charge in [0.15, 0.2) is 0 Å². The van der Waals surface area contributed by atoms with Gasteiger partial charge in [0.1, 0.15) is 5.82 Å². The van der Waals surface area contributed by atoms with Crippen LogP contribution in [0.15, 0.2) is 35.1 Å².